The molecule has 0 amide bonds. The number of unbranched alkanes of at least 4 members (excludes halogenated alkanes) is 1. The van der Waals surface area contributed by atoms with Crippen molar-refractivity contribution in [3.05, 3.63) is 64.9 Å². The van der Waals surface area contributed by atoms with Gasteiger partial charge in [0.1, 0.15) is 11.8 Å². The molecule has 0 aliphatic carbocycles. The molecule has 26 heavy (non-hydrogen) atoms. The van der Waals surface area contributed by atoms with E-state index in [9.17, 15) is 4.79 Å². The van der Waals surface area contributed by atoms with E-state index in [0.717, 1.165) is 53.4 Å². The van der Waals surface area contributed by atoms with E-state index in [2.05, 4.69) is 13.5 Å². The molecule has 0 spiro atoms. The van der Waals surface area contributed by atoms with Gasteiger partial charge in [-0.3, -0.25) is 0 Å². The lowest BCUT2D eigenvalue weighted by atomic mass is 9.95. The number of benzene rings is 1. The number of furan rings is 1. The first-order chi connectivity index (χ1) is 12.7. The Balaban J connectivity index is 2.34. The Labute approximate surface area is 152 Å². The van der Waals surface area contributed by atoms with Gasteiger partial charge in [0.05, 0.1) is 18.4 Å². The normalized spacial score (nSPS) is 12.4. The van der Waals surface area contributed by atoms with Gasteiger partial charge in [-0.15, -0.1) is 6.58 Å². The molecule has 0 saturated carbocycles. The van der Waals surface area contributed by atoms with Crippen LogP contribution >= 0.6 is 0 Å². The Morgan fingerprint density at radius 3 is 2.77 bits per heavy atom. The van der Waals surface area contributed by atoms with Crippen LogP contribution in [0.15, 0.2) is 62.6 Å². The van der Waals surface area contributed by atoms with Crippen LogP contribution in [0.1, 0.15) is 44.6 Å². The van der Waals surface area contributed by atoms with E-state index in [-0.39, 0.29) is 5.63 Å². The highest BCUT2D eigenvalue weighted by Gasteiger charge is 2.21. The number of fused-ring (bicyclic) bond motifs is 3. The van der Waals surface area contributed by atoms with Gasteiger partial charge in [0.25, 0.3) is 0 Å². The van der Waals surface area contributed by atoms with Crippen LogP contribution in [0.5, 0.6) is 0 Å². The highest BCUT2D eigenvalue weighted by Crippen LogP contribution is 2.36. The number of ether oxygens (including phenoxy) is 1. The van der Waals surface area contributed by atoms with Crippen LogP contribution in [-0.4, -0.2) is 7.11 Å². The fraction of sp³-hybridized carbons (Fsp3) is 0.318. The van der Waals surface area contributed by atoms with Gasteiger partial charge in [-0.1, -0.05) is 37.6 Å². The van der Waals surface area contributed by atoms with Gasteiger partial charge in [0.15, 0.2) is 5.58 Å². The molecular formula is C22H24O4. The molecule has 0 radical (unpaired) electrons. The third kappa shape index (κ3) is 3.32. The van der Waals surface area contributed by atoms with Crippen molar-refractivity contribution in [3.8, 4) is 0 Å². The van der Waals surface area contributed by atoms with Gasteiger partial charge in [0.2, 0.25) is 0 Å². The molecule has 1 aromatic carbocycles. The zero-order chi connectivity index (χ0) is 18.5. The van der Waals surface area contributed by atoms with Crippen molar-refractivity contribution in [1.29, 1.82) is 0 Å². The Morgan fingerprint density at radius 1 is 1.23 bits per heavy atom. The Bertz CT molecular complexity index is 1000. The van der Waals surface area contributed by atoms with Gasteiger partial charge in [0, 0.05) is 22.8 Å². The minimum absolute atomic E-state index is 0.358. The van der Waals surface area contributed by atoms with E-state index in [1.165, 1.54) is 6.26 Å². The van der Waals surface area contributed by atoms with Crippen LogP contribution in [0.3, 0.4) is 0 Å². The minimum atomic E-state index is -0.358. The van der Waals surface area contributed by atoms with Crippen LogP contribution in [0.2, 0.25) is 0 Å². The van der Waals surface area contributed by atoms with Gasteiger partial charge in [-0.2, -0.15) is 0 Å². The van der Waals surface area contributed by atoms with E-state index in [1.54, 1.807) is 7.11 Å². The first-order valence-electron chi connectivity index (χ1n) is 9.01. The van der Waals surface area contributed by atoms with Gasteiger partial charge >= 0.3 is 5.63 Å². The Hall–Kier alpha value is -2.75. The third-order valence-electron chi connectivity index (χ3n) is 4.59. The summed E-state index contributed by atoms with van der Waals surface area (Å²) in [5, 5.41) is 1.72. The van der Waals surface area contributed by atoms with Gasteiger partial charge in [-0.05, 0) is 25.3 Å². The summed E-state index contributed by atoms with van der Waals surface area (Å²) in [6.45, 7) is 5.92. The molecule has 0 saturated heterocycles. The van der Waals surface area contributed by atoms with Crippen molar-refractivity contribution >= 4 is 27.5 Å². The fourth-order valence-corrected chi connectivity index (χ4v) is 3.31. The smallest absolute Gasteiger partial charge is 0.344 e. The predicted octanol–water partition coefficient (Wildman–Crippen LogP) is 6.05. The maximum Gasteiger partial charge on any atom is 0.344 e. The number of allylic oxidation sites excluding steroid dienone is 3. The molecule has 3 aromatic rings. The summed E-state index contributed by atoms with van der Waals surface area (Å²) in [4.78, 5) is 12.8. The van der Waals surface area contributed by atoms with Crippen LogP contribution in [-0.2, 0) is 4.74 Å². The first kappa shape index (κ1) is 18.1. The molecule has 0 unspecified atom stereocenters. The van der Waals surface area contributed by atoms with E-state index in [4.69, 9.17) is 13.6 Å². The number of rotatable bonds is 8. The zero-order valence-corrected chi connectivity index (χ0v) is 15.3. The second kappa shape index (κ2) is 8.09. The lowest BCUT2D eigenvalue weighted by Gasteiger charge is -2.14. The van der Waals surface area contributed by atoms with E-state index >= 15 is 0 Å². The number of hydrogen-bond donors (Lipinski definition) is 0. The molecule has 4 heteroatoms. The van der Waals surface area contributed by atoms with Crippen LogP contribution in [0, 0.1) is 0 Å². The van der Waals surface area contributed by atoms with Crippen molar-refractivity contribution in [2.75, 3.05) is 7.11 Å². The van der Waals surface area contributed by atoms with Crippen molar-refractivity contribution in [2.45, 2.75) is 39.0 Å². The topological polar surface area (TPSA) is 52.6 Å². The average Bonchev–Trinajstić information content (AvgIpc) is 3.04. The monoisotopic (exact) mass is 352 g/mol. The van der Waals surface area contributed by atoms with Crippen LogP contribution in [0.25, 0.3) is 27.5 Å². The predicted molar refractivity (Wildman–Crippen MR) is 105 cm³/mol. The molecule has 2 heterocycles. The molecule has 0 aliphatic heterocycles. The summed E-state index contributed by atoms with van der Waals surface area (Å²) < 4.78 is 16.9. The van der Waals surface area contributed by atoms with Crippen molar-refractivity contribution < 1.29 is 13.6 Å². The molecule has 0 fully saturated rings. The summed E-state index contributed by atoms with van der Waals surface area (Å²) in [5.74, 6) is 0.809. The van der Waals surface area contributed by atoms with Crippen molar-refractivity contribution in [3.63, 3.8) is 0 Å². The number of methoxy groups -OCH3 is 1. The summed E-state index contributed by atoms with van der Waals surface area (Å²) in [6, 6.07) is 7.73. The summed E-state index contributed by atoms with van der Waals surface area (Å²) in [7, 11) is 1.65. The van der Waals surface area contributed by atoms with E-state index in [1.807, 2.05) is 30.3 Å². The number of para-hydroxylation sites is 1. The van der Waals surface area contributed by atoms with Gasteiger partial charge in [-0.25, -0.2) is 4.79 Å². The van der Waals surface area contributed by atoms with Crippen LogP contribution < -0.4 is 5.63 Å². The Kier molecular flexibility index (Phi) is 5.61. The molecular weight excluding hydrogens is 328 g/mol. The van der Waals surface area contributed by atoms with Crippen LogP contribution in [0.4, 0.5) is 0 Å². The quantitative estimate of drug-likeness (QED) is 0.365. The highest BCUT2D eigenvalue weighted by atomic mass is 16.5. The number of hydrogen-bond acceptors (Lipinski definition) is 4. The third-order valence-corrected chi connectivity index (χ3v) is 4.59. The lowest BCUT2D eigenvalue weighted by molar-refractivity contribution is 0.278. The first-order valence-corrected chi connectivity index (χ1v) is 9.01. The second-order valence-electron chi connectivity index (χ2n) is 6.27. The van der Waals surface area contributed by atoms with Crippen molar-refractivity contribution in [2.24, 2.45) is 0 Å². The fourth-order valence-electron chi connectivity index (χ4n) is 3.31. The molecule has 0 bridgehead atoms. The summed E-state index contributed by atoms with van der Waals surface area (Å²) in [5.41, 5.74) is 2.42. The SMILES string of the molecule is C=CCC/C(OC)=C(\CCCC)c1c(=O)occ2oc3ccccc3c12. The molecule has 3 rings (SSSR count). The molecule has 4 nitrogen and oxygen atoms in total. The van der Waals surface area contributed by atoms with Gasteiger partial charge < -0.3 is 13.6 Å². The second-order valence-corrected chi connectivity index (χ2v) is 6.27. The van der Waals surface area contributed by atoms with E-state index in [0.29, 0.717) is 17.6 Å². The highest BCUT2D eigenvalue weighted by molar-refractivity contribution is 6.09. The summed E-state index contributed by atoms with van der Waals surface area (Å²) in [6.07, 6.45) is 7.47. The lowest BCUT2D eigenvalue weighted by Crippen LogP contribution is -2.09. The zero-order valence-electron chi connectivity index (χ0n) is 15.3. The average molecular weight is 352 g/mol. The minimum Gasteiger partial charge on any atom is -0.501 e. The largest absolute Gasteiger partial charge is 0.501 e. The summed E-state index contributed by atoms with van der Waals surface area (Å²) >= 11 is 0. The molecule has 0 N–H and O–H groups in total. The van der Waals surface area contributed by atoms with E-state index < -0.39 is 0 Å². The van der Waals surface area contributed by atoms with Crippen molar-refractivity contribution in [1.82, 2.24) is 0 Å². The molecule has 136 valence electrons. The molecule has 0 aliphatic rings. The molecule has 0 atom stereocenters. The standard InChI is InChI=1S/C22H24O4/c1-4-6-10-15(17(24-3)12-7-5-2)21-20-16-11-8-9-13-18(16)26-19(20)14-25-22(21)23/h5,8-9,11,13-14H,2,4,6-7,10,12H2,1,3H3/b17-15-. The Morgan fingerprint density at radius 2 is 2.04 bits per heavy atom. The molecule has 2 aromatic heterocycles. The maximum absolute atomic E-state index is 12.8. The maximum atomic E-state index is 12.8.